The van der Waals surface area contributed by atoms with Gasteiger partial charge in [-0.15, -0.1) is 0 Å². The van der Waals surface area contributed by atoms with Crippen LogP contribution in [0.15, 0.2) is 84.9 Å². The number of ketones is 2. The summed E-state index contributed by atoms with van der Waals surface area (Å²) in [4.78, 5) is 27.4. The Kier molecular flexibility index (Phi) is 6.00. The Labute approximate surface area is 216 Å². The minimum absolute atomic E-state index is 0.200. The number of anilines is 4. The summed E-state index contributed by atoms with van der Waals surface area (Å²) in [5.41, 5.74) is 2.55. The van der Waals surface area contributed by atoms with Crippen molar-refractivity contribution < 1.29 is 9.59 Å². The molecule has 4 aromatic carbocycles. The van der Waals surface area contributed by atoms with E-state index in [-0.39, 0.29) is 33.8 Å². The Balaban J connectivity index is 1.66. The number of halogens is 4. The maximum atomic E-state index is 13.7. The molecule has 4 nitrogen and oxygen atoms in total. The van der Waals surface area contributed by atoms with E-state index in [2.05, 4.69) is 0 Å². The quantitative estimate of drug-likeness (QED) is 0.220. The van der Waals surface area contributed by atoms with Gasteiger partial charge in [-0.2, -0.15) is 0 Å². The van der Waals surface area contributed by atoms with E-state index in [1.165, 1.54) is 8.84 Å². The molecule has 4 aromatic rings. The van der Waals surface area contributed by atoms with Gasteiger partial charge < -0.3 is 0 Å². The topological polar surface area (TPSA) is 40.6 Å². The number of carbonyl (C=O) groups excluding carboxylic acids is 2. The van der Waals surface area contributed by atoms with Crippen LogP contribution in [0.3, 0.4) is 0 Å². The molecule has 0 N–H and O–H groups in total. The van der Waals surface area contributed by atoms with Crippen LogP contribution < -0.4 is 8.84 Å². The Morgan fingerprint density at radius 2 is 0.824 bits per heavy atom. The first kappa shape index (κ1) is 22.8. The summed E-state index contributed by atoms with van der Waals surface area (Å²) in [5, 5.41) is 0.815. The number of benzene rings is 4. The van der Waals surface area contributed by atoms with Gasteiger partial charge in [-0.05, 0) is 36.4 Å². The number of hydrogen-bond acceptors (Lipinski definition) is 4. The highest BCUT2D eigenvalue weighted by Crippen LogP contribution is 2.43. The molecule has 0 bridgehead atoms. The zero-order valence-electron chi connectivity index (χ0n) is 17.3. The van der Waals surface area contributed by atoms with E-state index < -0.39 is 0 Å². The van der Waals surface area contributed by atoms with E-state index in [0.29, 0.717) is 32.8 Å². The van der Waals surface area contributed by atoms with E-state index in [4.69, 9.17) is 46.8 Å². The summed E-state index contributed by atoms with van der Waals surface area (Å²) < 4.78 is 2.58. The molecule has 34 heavy (non-hydrogen) atoms. The first-order valence-electron chi connectivity index (χ1n) is 10.2. The van der Waals surface area contributed by atoms with E-state index in [9.17, 15) is 9.59 Å². The summed E-state index contributed by atoms with van der Waals surface area (Å²) in [6, 6.07) is 23.9. The maximum absolute atomic E-state index is 13.7. The average molecular weight is 528 g/mol. The van der Waals surface area contributed by atoms with E-state index in [1.54, 1.807) is 84.9 Å². The summed E-state index contributed by atoms with van der Waals surface area (Å²) in [6.45, 7) is 0. The molecule has 168 valence electrons. The number of rotatable bonds is 4. The summed E-state index contributed by atoms with van der Waals surface area (Å²) in [6.07, 6.45) is 0. The summed E-state index contributed by atoms with van der Waals surface area (Å²) >= 11 is 25.9. The van der Waals surface area contributed by atoms with Crippen LogP contribution in [0.25, 0.3) is 0 Å². The second kappa shape index (κ2) is 8.97. The Morgan fingerprint density at radius 3 is 1.21 bits per heavy atom. The molecule has 0 saturated heterocycles. The minimum atomic E-state index is -0.344. The molecular formula is C26H14Cl4N2O2. The van der Waals surface area contributed by atoms with Crippen molar-refractivity contribution in [1.29, 1.82) is 0 Å². The Hall–Kier alpha value is -3.02. The second-order valence-electron chi connectivity index (χ2n) is 7.52. The van der Waals surface area contributed by atoms with Gasteiger partial charge in [0.15, 0.2) is 11.6 Å². The van der Waals surface area contributed by atoms with Gasteiger partial charge in [-0.3, -0.25) is 18.4 Å². The van der Waals surface area contributed by atoms with Gasteiger partial charge in [0.1, 0.15) is 0 Å². The molecule has 0 aromatic heterocycles. The van der Waals surface area contributed by atoms with Crippen molar-refractivity contribution in [2.75, 3.05) is 8.84 Å². The monoisotopic (exact) mass is 526 g/mol. The van der Waals surface area contributed by atoms with Gasteiger partial charge in [0.2, 0.25) is 0 Å². The van der Waals surface area contributed by atoms with Gasteiger partial charge in [0.25, 0.3) is 0 Å². The number of fused-ring (bicyclic) bond motifs is 2. The van der Waals surface area contributed by atoms with Crippen LogP contribution in [-0.2, 0) is 0 Å². The summed E-state index contributed by atoms with van der Waals surface area (Å²) in [5.74, 6) is -0.687. The second-order valence-corrected chi connectivity index (χ2v) is 9.01. The molecule has 0 atom stereocenters. The first-order chi connectivity index (χ1) is 16.4. The van der Waals surface area contributed by atoms with Crippen LogP contribution in [-0.4, -0.2) is 11.6 Å². The fourth-order valence-corrected chi connectivity index (χ4v) is 5.12. The third kappa shape index (κ3) is 3.64. The SMILES string of the molecule is O=C1c2cccc(N(Cl)c3ccccc3Cl)c2C(=O)c2cccc(N(Cl)c3ccccc3Cl)c21. The third-order valence-electron chi connectivity index (χ3n) is 5.58. The van der Waals surface area contributed by atoms with E-state index >= 15 is 0 Å². The average Bonchev–Trinajstić information content (AvgIpc) is 2.86. The molecular weight excluding hydrogens is 514 g/mol. The number of carbonyl (C=O) groups is 2. The van der Waals surface area contributed by atoms with Gasteiger partial charge in [-0.1, -0.05) is 71.7 Å². The Morgan fingerprint density at radius 1 is 0.471 bits per heavy atom. The smallest absolute Gasteiger partial charge is 0.196 e. The highest BCUT2D eigenvalue weighted by atomic mass is 35.5. The van der Waals surface area contributed by atoms with Crippen molar-refractivity contribution in [1.82, 2.24) is 0 Å². The summed E-state index contributed by atoms with van der Waals surface area (Å²) in [7, 11) is 0. The van der Waals surface area contributed by atoms with Crippen molar-refractivity contribution in [3.8, 4) is 0 Å². The molecule has 1 aliphatic carbocycles. The van der Waals surface area contributed by atoms with Crippen LogP contribution in [0.1, 0.15) is 31.8 Å². The lowest BCUT2D eigenvalue weighted by molar-refractivity contribution is 0.0980. The van der Waals surface area contributed by atoms with Crippen LogP contribution in [0.5, 0.6) is 0 Å². The van der Waals surface area contributed by atoms with E-state index in [1.807, 2.05) is 0 Å². The lowest BCUT2D eigenvalue weighted by Gasteiger charge is -2.27. The molecule has 0 saturated carbocycles. The van der Waals surface area contributed by atoms with Crippen LogP contribution in [0, 0.1) is 0 Å². The fourth-order valence-electron chi connectivity index (χ4n) is 4.01. The van der Waals surface area contributed by atoms with E-state index in [0.717, 1.165) is 0 Å². The molecule has 0 heterocycles. The molecule has 0 spiro atoms. The molecule has 0 aliphatic heterocycles. The standard InChI is InChI=1S/C26H14Cl4N2O2/c27-17-9-1-3-11-19(17)31(29)21-13-5-7-15-23(21)25(33)16-8-6-14-22(24(16)26(15)34)32(30)20-12-4-2-10-18(20)28/h1-14H. The maximum Gasteiger partial charge on any atom is 0.196 e. The number of hydrogen-bond donors (Lipinski definition) is 0. The molecule has 1 aliphatic rings. The molecule has 5 rings (SSSR count). The van der Waals surface area contributed by atoms with Crippen LogP contribution in [0.2, 0.25) is 10.0 Å². The molecule has 0 fully saturated rings. The van der Waals surface area contributed by atoms with Crippen molar-refractivity contribution in [3.63, 3.8) is 0 Å². The zero-order valence-corrected chi connectivity index (χ0v) is 20.3. The third-order valence-corrected chi connectivity index (χ3v) is 6.95. The van der Waals surface area contributed by atoms with Crippen molar-refractivity contribution >= 4 is 81.1 Å². The number of para-hydroxylation sites is 2. The van der Waals surface area contributed by atoms with Crippen LogP contribution in [0.4, 0.5) is 22.7 Å². The van der Waals surface area contributed by atoms with Crippen LogP contribution >= 0.6 is 46.8 Å². The Bertz CT molecular complexity index is 1360. The van der Waals surface area contributed by atoms with Crippen molar-refractivity contribution in [3.05, 3.63) is 117 Å². The van der Waals surface area contributed by atoms with Crippen molar-refractivity contribution in [2.45, 2.75) is 0 Å². The first-order valence-corrected chi connectivity index (χ1v) is 11.6. The normalized spacial score (nSPS) is 12.2. The highest BCUT2D eigenvalue weighted by Gasteiger charge is 2.36. The molecule has 0 radical (unpaired) electrons. The molecule has 0 amide bonds. The van der Waals surface area contributed by atoms with Gasteiger partial charge in [0.05, 0.1) is 43.9 Å². The predicted octanol–water partition coefficient (Wildman–Crippen LogP) is 8.35. The minimum Gasteiger partial charge on any atom is -0.288 e. The number of nitrogens with zero attached hydrogens (tertiary/aromatic N) is 2. The van der Waals surface area contributed by atoms with Crippen molar-refractivity contribution in [2.24, 2.45) is 0 Å². The lowest BCUT2D eigenvalue weighted by atomic mass is 9.82. The lowest BCUT2D eigenvalue weighted by Crippen LogP contribution is -2.25. The molecule has 0 unspecified atom stereocenters. The fraction of sp³-hybridized carbons (Fsp3) is 0. The largest absolute Gasteiger partial charge is 0.288 e. The predicted molar refractivity (Wildman–Crippen MR) is 139 cm³/mol. The van der Waals surface area contributed by atoms with Gasteiger partial charge >= 0.3 is 0 Å². The molecule has 8 heteroatoms. The highest BCUT2D eigenvalue weighted by molar-refractivity contribution is 6.41. The zero-order chi connectivity index (χ0) is 24.0. The van der Waals surface area contributed by atoms with Gasteiger partial charge in [0, 0.05) is 34.7 Å². The van der Waals surface area contributed by atoms with Gasteiger partial charge in [-0.25, -0.2) is 0 Å².